The summed E-state index contributed by atoms with van der Waals surface area (Å²) in [7, 11) is -3.38. The van der Waals surface area contributed by atoms with E-state index in [2.05, 4.69) is 4.72 Å². The summed E-state index contributed by atoms with van der Waals surface area (Å²) in [6.07, 6.45) is 0. The van der Waals surface area contributed by atoms with Crippen molar-refractivity contribution >= 4 is 15.9 Å². The summed E-state index contributed by atoms with van der Waals surface area (Å²) in [5.41, 5.74) is 10.0. The van der Waals surface area contributed by atoms with Gasteiger partial charge in [-0.1, -0.05) is 0 Å². The van der Waals surface area contributed by atoms with Gasteiger partial charge in [-0.2, -0.15) is 0 Å². The molecule has 0 aliphatic rings. The van der Waals surface area contributed by atoms with Crippen molar-refractivity contribution < 1.29 is 17.9 Å². The number of primary amides is 1. The van der Waals surface area contributed by atoms with Gasteiger partial charge < -0.3 is 16.2 Å². The Kier molecular flexibility index (Phi) is 6.41. The predicted molar refractivity (Wildman–Crippen MR) is 55.5 cm³/mol. The number of hydrogen-bond donors (Lipinski definition) is 3. The van der Waals surface area contributed by atoms with E-state index in [0.29, 0.717) is 0 Å². The van der Waals surface area contributed by atoms with Crippen LogP contribution in [-0.4, -0.2) is 45.9 Å². The Hall–Kier alpha value is -0.700. The number of ether oxygens (including phenoxy) is 1. The first-order chi connectivity index (χ1) is 6.90. The molecular formula is C7H17N3O4S. The Morgan fingerprint density at radius 2 is 2.13 bits per heavy atom. The Morgan fingerprint density at radius 3 is 2.60 bits per heavy atom. The molecule has 1 atom stereocenters. The second kappa shape index (κ2) is 6.72. The van der Waals surface area contributed by atoms with Crippen molar-refractivity contribution in [3.63, 3.8) is 0 Å². The molecule has 5 N–H and O–H groups in total. The van der Waals surface area contributed by atoms with Crippen LogP contribution >= 0.6 is 0 Å². The van der Waals surface area contributed by atoms with Gasteiger partial charge in [0.1, 0.15) is 6.61 Å². The smallest absolute Gasteiger partial charge is 0.243 e. The second-order valence-corrected chi connectivity index (χ2v) is 5.19. The lowest BCUT2D eigenvalue weighted by Gasteiger charge is -2.11. The molecule has 0 aliphatic heterocycles. The highest BCUT2D eigenvalue weighted by Gasteiger charge is 2.17. The average Bonchev–Trinajstić information content (AvgIpc) is 2.15. The Labute approximate surface area is 89.2 Å². The number of hydrogen-bond acceptors (Lipinski definition) is 5. The number of nitrogens with two attached hydrogens (primary N) is 2. The van der Waals surface area contributed by atoms with Crippen LogP contribution in [0.5, 0.6) is 0 Å². The maximum Gasteiger partial charge on any atom is 0.243 e. The minimum Gasteiger partial charge on any atom is -0.370 e. The second-order valence-electron chi connectivity index (χ2n) is 3.00. The SMILES string of the molecule is CC(CN)S(=O)(=O)NCCOCC(N)=O. The highest BCUT2D eigenvalue weighted by molar-refractivity contribution is 7.90. The molecule has 0 aromatic heterocycles. The highest BCUT2D eigenvalue weighted by atomic mass is 32.2. The minimum absolute atomic E-state index is 0.0531. The number of carbonyl (C=O) groups is 1. The summed E-state index contributed by atoms with van der Waals surface area (Å²) in [4.78, 5) is 10.3. The Morgan fingerprint density at radius 1 is 1.53 bits per heavy atom. The van der Waals surface area contributed by atoms with Gasteiger partial charge in [-0.3, -0.25) is 4.79 Å². The van der Waals surface area contributed by atoms with E-state index in [9.17, 15) is 13.2 Å². The molecule has 0 saturated heterocycles. The number of nitrogens with one attached hydrogen (secondary N) is 1. The standard InChI is InChI=1S/C7H17N3O4S/c1-6(4-8)15(12,13)10-2-3-14-5-7(9)11/h6,10H,2-5,8H2,1H3,(H2,9,11). The number of rotatable bonds is 8. The lowest BCUT2D eigenvalue weighted by Crippen LogP contribution is -2.38. The number of amides is 1. The zero-order chi connectivity index (χ0) is 11.9. The molecule has 0 heterocycles. The summed E-state index contributed by atoms with van der Waals surface area (Å²) in [5.74, 6) is -0.590. The van der Waals surface area contributed by atoms with Crippen LogP contribution in [0.2, 0.25) is 0 Å². The van der Waals surface area contributed by atoms with Crippen LogP contribution in [0.1, 0.15) is 6.92 Å². The van der Waals surface area contributed by atoms with Crippen LogP contribution < -0.4 is 16.2 Å². The third-order valence-corrected chi connectivity index (χ3v) is 3.51. The van der Waals surface area contributed by atoms with E-state index in [4.69, 9.17) is 16.2 Å². The van der Waals surface area contributed by atoms with E-state index in [0.717, 1.165) is 0 Å². The first-order valence-electron chi connectivity index (χ1n) is 4.44. The zero-order valence-corrected chi connectivity index (χ0v) is 9.42. The minimum atomic E-state index is -3.38. The molecule has 1 unspecified atom stereocenters. The summed E-state index contributed by atoms with van der Waals surface area (Å²) >= 11 is 0. The van der Waals surface area contributed by atoms with Gasteiger partial charge >= 0.3 is 0 Å². The maximum atomic E-state index is 11.3. The molecule has 90 valence electrons. The monoisotopic (exact) mass is 239 g/mol. The molecule has 0 radical (unpaired) electrons. The zero-order valence-electron chi connectivity index (χ0n) is 8.60. The average molecular weight is 239 g/mol. The molecule has 0 bridgehead atoms. The molecule has 7 nitrogen and oxygen atoms in total. The molecule has 0 rings (SSSR count). The van der Waals surface area contributed by atoms with Gasteiger partial charge in [0.15, 0.2) is 0 Å². The topological polar surface area (TPSA) is 125 Å². The molecule has 15 heavy (non-hydrogen) atoms. The fourth-order valence-corrected chi connectivity index (χ4v) is 1.60. The van der Waals surface area contributed by atoms with Crippen molar-refractivity contribution in [1.82, 2.24) is 4.72 Å². The molecule has 0 aliphatic carbocycles. The first-order valence-corrected chi connectivity index (χ1v) is 5.99. The lowest BCUT2D eigenvalue weighted by atomic mass is 10.5. The maximum absolute atomic E-state index is 11.3. The quantitative estimate of drug-likeness (QED) is 0.413. The first kappa shape index (κ1) is 14.3. The third-order valence-electron chi connectivity index (χ3n) is 1.66. The van der Waals surface area contributed by atoms with Gasteiger partial charge in [0.25, 0.3) is 0 Å². The normalized spacial score (nSPS) is 13.7. The van der Waals surface area contributed by atoms with E-state index in [-0.39, 0.29) is 26.3 Å². The van der Waals surface area contributed by atoms with Crippen LogP contribution in [0.15, 0.2) is 0 Å². The van der Waals surface area contributed by atoms with Gasteiger partial charge in [-0.05, 0) is 6.92 Å². The number of carbonyl (C=O) groups excluding carboxylic acids is 1. The molecule has 0 fully saturated rings. The Bertz CT molecular complexity index is 291. The molecule has 0 spiro atoms. The van der Waals surface area contributed by atoms with Gasteiger partial charge in [-0.15, -0.1) is 0 Å². The van der Waals surface area contributed by atoms with Crippen LogP contribution in [0.25, 0.3) is 0 Å². The summed E-state index contributed by atoms with van der Waals surface area (Å²) in [6.45, 7) is 1.54. The molecule has 1 amide bonds. The van der Waals surface area contributed by atoms with E-state index < -0.39 is 21.2 Å². The van der Waals surface area contributed by atoms with E-state index >= 15 is 0 Å². The van der Waals surface area contributed by atoms with Crippen molar-refractivity contribution in [1.29, 1.82) is 0 Å². The molecule has 0 saturated carbocycles. The van der Waals surface area contributed by atoms with Gasteiger partial charge in [0, 0.05) is 13.1 Å². The van der Waals surface area contributed by atoms with Gasteiger partial charge in [-0.25, -0.2) is 13.1 Å². The van der Waals surface area contributed by atoms with Crippen LogP contribution in [0.3, 0.4) is 0 Å². The largest absolute Gasteiger partial charge is 0.370 e. The summed E-state index contributed by atoms with van der Waals surface area (Å²) in [5, 5.41) is -0.645. The van der Waals surface area contributed by atoms with Crippen molar-refractivity contribution in [3.05, 3.63) is 0 Å². The molecule has 0 aromatic carbocycles. The molecular weight excluding hydrogens is 222 g/mol. The fourth-order valence-electron chi connectivity index (χ4n) is 0.698. The van der Waals surface area contributed by atoms with Crippen LogP contribution in [0.4, 0.5) is 0 Å². The fraction of sp³-hybridized carbons (Fsp3) is 0.857. The molecule has 8 heteroatoms. The van der Waals surface area contributed by atoms with Crippen molar-refractivity contribution in [3.8, 4) is 0 Å². The summed E-state index contributed by atoms with van der Waals surface area (Å²) in [6, 6.07) is 0. The van der Waals surface area contributed by atoms with E-state index in [1.165, 1.54) is 6.92 Å². The predicted octanol–water partition coefficient (Wildman–Crippen LogP) is -2.25. The third kappa shape index (κ3) is 6.39. The molecule has 0 aromatic rings. The van der Waals surface area contributed by atoms with E-state index in [1.807, 2.05) is 0 Å². The van der Waals surface area contributed by atoms with Crippen molar-refractivity contribution in [2.75, 3.05) is 26.3 Å². The van der Waals surface area contributed by atoms with Gasteiger partial charge in [0.05, 0.1) is 11.9 Å². The van der Waals surface area contributed by atoms with Crippen molar-refractivity contribution in [2.45, 2.75) is 12.2 Å². The summed E-state index contributed by atoms with van der Waals surface area (Å²) < 4.78 is 29.7. The van der Waals surface area contributed by atoms with Crippen molar-refractivity contribution in [2.24, 2.45) is 11.5 Å². The Balaban J connectivity index is 3.72. The highest BCUT2D eigenvalue weighted by Crippen LogP contribution is 1.94. The van der Waals surface area contributed by atoms with Crippen LogP contribution in [-0.2, 0) is 19.6 Å². The number of sulfonamides is 1. The lowest BCUT2D eigenvalue weighted by molar-refractivity contribution is -0.122. The van der Waals surface area contributed by atoms with Gasteiger partial charge in [0.2, 0.25) is 15.9 Å². The van der Waals surface area contributed by atoms with E-state index in [1.54, 1.807) is 0 Å². The van der Waals surface area contributed by atoms with Crippen LogP contribution in [0, 0.1) is 0 Å².